The number of carbonyl (C=O) groups is 1. The zero-order valence-electron chi connectivity index (χ0n) is 16.1. The number of ether oxygens (including phenoxy) is 2. The molecular weight excluding hydrogens is 394 g/mol. The van der Waals surface area contributed by atoms with Crippen LogP contribution in [-0.4, -0.2) is 39.8 Å². The van der Waals surface area contributed by atoms with Gasteiger partial charge in [-0.1, -0.05) is 6.07 Å². The van der Waals surface area contributed by atoms with Crippen molar-refractivity contribution in [2.75, 3.05) is 19.0 Å². The number of rotatable bonds is 4. The Morgan fingerprint density at radius 3 is 2.93 bits per heavy atom. The van der Waals surface area contributed by atoms with Crippen LogP contribution < -0.4 is 15.2 Å². The van der Waals surface area contributed by atoms with E-state index in [2.05, 4.69) is 20.8 Å². The Kier molecular flexibility index (Phi) is 4.37. The summed E-state index contributed by atoms with van der Waals surface area (Å²) in [4.78, 5) is 12.8. The van der Waals surface area contributed by atoms with Gasteiger partial charge < -0.3 is 14.8 Å². The minimum absolute atomic E-state index is 0.123. The molecule has 0 saturated carbocycles. The van der Waals surface area contributed by atoms with Gasteiger partial charge in [-0.15, -0.1) is 4.36 Å². The van der Waals surface area contributed by atoms with E-state index in [0.29, 0.717) is 13.2 Å². The molecule has 0 saturated heterocycles. The minimum Gasteiger partial charge on any atom is -0.469 e. The summed E-state index contributed by atoms with van der Waals surface area (Å²) in [6.07, 6.45) is 6.11. The number of methoxy groups -OCH3 is 1. The van der Waals surface area contributed by atoms with Crippen LogP contribution in [0.3, 0.4) is 0 Å². The third-order valence-electron chi connectivity index (χ3n) is 5.78. The molecule has 1 unspecified atom stereocenters. The number of aryl methyl sites for hydroxylation is 2. The van der Waals surface area contributed by atoms with Crippen LogP contribution in [0.15, 0.2) is 21.5 Å². The van der Waals surface area contributed by atoms with Crippen LogP contribution in [0.2, 0.25) is 0 Å². The predicted molar refractivity (Wildman–Crippen MR) is 106 cm³/mol. The summed E-state index contributed by atoms with van der Waals surface area (Å²) in [6.45, 7) is 0.837. The molecule has 9 nitrogen and oxygen atoms in total. The summed E-state index contributed by atoms with van der Waals surface area (Å²) < 4.78 is 29.2. The van der Waals surface area contributed by atoms with Crippen molar-refractivity contribution in [2.24, 2.45) is 9.50 Å². The topological polar surface area (TPSA) is 121 Å². The van der Waals surface area contributed by atoms with Gasteiger partial charge in [0.05, 0.1) is 19.3 Å². The fourth-order valence-corrected chi connectivity index (χ4v) is 5.36. The first-order valence-electron chi connectivity index (χ1n) is 9.70. The molecule has 3 aliphatic rings. The van der Waals surface area contributed by atoms with Crippen molar-refractivity contribution in [2.45, 2.75) is 49.6 Å². The van der Waals surface area contributed by atoms with Gasteiger partial charge in [-0.25, -0.2) is 18.8 Å². The number of benzene rings is 1. The van der Waals surface area contributed by atoms with Gasteiger partial charge in [0.2, 0.25) is 5.88 Å². The second-order valence-corrected chi connectivity index (χ2v) is 9.42. The van der Waals surface area contributed by atoms with Gasteiger partial charge in [-0.05, 0) is 54.4 Å². The van der Waals surface area contributed by atoms with Crippen LogP contribution >= 0.6 is 0 Å². The molecule has 10 heteroatoms. The lowest BCUT2D eigenvalue weighted by Gasteiger charge is -2.25. The SMILES string of the molecule is COC[C@@H]1Cn2ncc(S(N)(=O)=NC(=O)Nc3c4c(cc5c3CC5)CCC4)c2O1. The van der Waals surface area contributed by atoms with Crippen molar-refractivity contribution in [1.29, 1.82) is 0 Å². The van der Waals surface area contributed by atoms with Crippen molar-refractivity contribution in [3.63, 3.8) is 0 Å². The Morgan fingerprint density at radius 1 is 1.38 bits per heavy atom. The van der Waals surface area contributed by atoms with E-state index in [-0.39, 0.29) is 16.9 Å². The van der Waals surface area contributed by atoms with Gasteiger partial charge in [-0.3, -0.25) is 0 Å². The molecule has 154 valence electrons. The van der Waals surface area contributed by atoms with Gasteiger partial charge in [0, 0.05) is 12.8 Å². The number of hydrogen-bond donors (Lipinski definition) is 2. The Balaban J connectivity index is 1.42. The van der Waals surface area contributed by atoms with Gasteiger partial charge in [0.1, 0.15) is 11.0 Å². The maximum absolute atomic E-state index is 13.1. The quantitative estimate of drug-likeness (QED) is 0.786. The number of fused-ring (bicyclic) bond motifs is 3. The molecule has 2 aliphatic carbocycles. The number of hydrogen-bond acceptors (Lipinski definition) is 5. The maximum Gasteiger partial charge on any atom is 0.354 e. The summed E-state index contributed by atoms with van der Waals surface area (Å²) in [5.41, 5.74) is 5.74. The van der Waals surface area contributed by atoms with Crippen LogP contribution in [0.25, 0.3) is 0 Å². The first kappa shape index (κ1) is 18.6. The second-order valence-electron chi connectivity index (χ2n) is 7.66. The van der Waals surface area contributed by atoms with E-state index in [1.165, 1.54) is 22.9 Å². The smallest absolute Gasteiger partial charge is 0.354 e. The largest absolute Gasteiger partial charge is 0.469 e. The number of anilines is 1. The molecule has 2 amide bonds. The van der Waals surface area contributed by atoms with Crippen LogP contribution in [0.5, 0.6) is 5.88 Å². The summed E-state index contributed by atoms with van der Waals surface area (Å²) in [5.74, 6) is 0.279. The molecule has 3 N–H and O–H groups in total. The highest BCUT2D eigenvalue weighted by Gasteiger charge is 2.31. The molecular formula is C19H23N5O4S. The van der Waals surface area contributed by atoms with Crippen molar-refractivity contribution in [3.8, 4) is 5.88 Å². The molecule has 5 rings (SSSR count). The Bertz CT molecular complexity index is 1130. The average Bonchev–Trinajstić information content (AvgIpc) is 3.32. The van der Waals surface area contributed by atoms with E-state index in [4.69, 9.17) is 14.6 Å². The molecule has 0 bridgehead atoms. The minimum atomic E-state index is -3.51. The van der Waals surface area contributed by atoms with Crippen LogP contribution in [0.1, 0.15) is 28.7 Å². The van der Waals surface area contributed by atoms with Crippen molar-refractivity contribution in [1.82, 2.24) is 9.78 Å². The monoisotopic (exact) mass is 417 g/mol. The fourth-order valence-electron chi connectivity index (χ4n) is 4.36. The van der Waals surface area contributed by atoms with Crippen molar-refractivity contribution < 1.29 is 18.5 Å². The average molecular weight is 417 g/mol. The molecule has 0 fully saturated rings. The maximum atomic E-state index is 13.1. The highest BCUT2D eigenvalue weighted by molar-refractivity contribution is 7.91. The van der Waals surface area contributed by atoms with Crippen molar-refractivity contribution >= 4 is 21.6 Å². The highest BCUT2D eigenvalue weighted by atomic mass is 32.2. The van der Waals surface area contributed by atoms with Gasteiger partial charge in [-0.2, -0.15) is 5.10 Å². The first-order chi connectivity index (χ1) is 14.0. The molecule has 1 aliphatic heterocycles. The van der Waals surface area contributed by atoms with Gasteiger partial charge >= 0.3 is 6.03 Å². The van der Waals surface area contributed by atoms with Crippen LogP contribution in [-0.2, 0) is 46.9 Å². The number of nitrogens with one attached hydrogen (secondary N) is 1. The standard InChI is InChI=1S/C19H23N5O4S/c1-27-10-13-9-24-18(28-13)16(8-21-24)29(20,26)23-19(25)22-17-14-4-2-3-11(14)7-12-5-6-15(12)17/h7-8,13H,2-6,9-10H2,1H3,(H3,20,22,23,25,26)/t13-,29?/m0/s1. The number of amides is 2. The van der Waals surface area contributed by atoms with Crippen LogP contribution in [0.4, 0.5) is 10.5 Å². The third kappa shape index (κ3) is 3.11. The molecule has 2 aromatic rings. The van der Waals surface area contributed by atoms with Gasteiger partial charge in [0.15, 0.2) is 9.92 Å². The third-order valence-corrected chi connectivity index (χ3v) is 7.12. The summed E-state index contributed by atoms with van der Waals surface area (Å²) in [6, 6.07) is 1.54. The van der Waals surface area contributed by atoms with E-state index >= 15 is 0 Å². The molecule has 2 atom stereocenters. The fraction of sp³-hybridized carbons (Fsp3) is 0.474. The Hall–Kier alpha value is -2.43. The second kappa shape index (κ2) is 6.82. The lowest BCUT2D eigenvalue weighted by molar-refractivity contribution is 0.0920. The summed E-state index contributed by atoms with van der Waals surface area (Å²) in [7, 11) is -1.93. The van der Waals surface area contributed by atoms with E-state index in [1.807, 2.05) is 0 Å². The number of urea groups is 1. The van der Waals surface area contributed by atoms with Crippen molar-refractivity contribution in [3.05, 3.63) is 34.5 Å². The first-order valence-corrected chi connectivity index (χ1v) is 11.3. The lowest BCUT2D eigenvalue weighted by Crippen LogP contribution is -2.22. The summed E-state index contributed by atoms with van der Waals surface area (Å²) >= 11 is 0. The molecule has 0 radical (unpaired) electrons. The predicted octanol–water partition coefficient (Wildman–Crippen LogP) is 1.81. The Morgan fingerprint density at radius 2 is 2.17 bits per heavy atom. The molecule has 1 aromatic heterocycles. The molecule has 1 aromatic carbocycles. The zero-order valence-corrected chi connectivity index (χ0v) is 17.0. The lowest BCUT2D eigenvalue weighted by atomic mass is 9.83. The van der Waals surface area contributed by atoms with E-state index in [1.54, 1.807) is 11.8 Å². The van der Waals surface area contributed by atoms with Gasteiger partial charge in [0.25, 0.3) is 0 Å². The zero-order chi connectivity index (χ0) is 20.2. The molecule has 29 heavy (non-hydrogen) atoms. The number of nitrogens with two attached hydrogens (primary N) is 1. The number of nitrogens with zero attached hydrogens (tertiary/aromatic N) is 3. The Labute approximate surface area is 168 Å². The normalized spacial score (nSPS) is 20.7. The number of aromatic nitrogens is 2. The molecule has 2 heterocycles. The van der Waals surface area contributed by atoms with Crippen LogP contribution in [0, 0.1) is 0 Å². The summed E-state index contributed by atoms with van der Waals surface area (Å²) in [5, 5.41) is 13.0. The molecule has 0 spiro atoms. The number of carbonyl (C=O) groups excluding carboxylic acids is 1. The van der Waals surface area contributed by atoms with E-state index in [0.717, 1.165) is 43.4 Å². The van der Waals surface area contributed by atoms with E-state index in [9.17, 15) is 9.00 Å². The van der Waals surface area contributed by atoms with E-state index < -0.39 is 15.9 Å². The highest BCUT2D eigenvalue weighted by Crippen LogP contribution is 2.39.